The average molecular weight is 367 g/mol. The molecule has 0 aliphatic carbocycles. The van der Waals surface area contributed by atoms with Crippen LogP contribution in [0.1, 0.15) is 38.1 Å². The molecule has 6 nitrogen and oxygen atoms in total. The summed E-state index contributed by atoms with van der Waals surface area (Å²) < 4.78 is 0. The number of benzene rings is 2. The highest BCUT2D eigenvalue weighted by Gasteiger charge is 2.24. The molecule has 3 N–H and O–H groups in total. The van der Waals surface area contributed by atoms with Crippen LogP contribution >= 0.6 is 0 Å². The molecular formula is C21H25N3O3. The minimum atomic E-state index is -0.746. The molecule has 2 aromatic carbocycles. The van der Waals surface area contributed by atoms with Crippen molar-refractivity contribution in [2.24, 2.45) is 5.41 Å². The molecule has 142 valence electrons. The first-order valence-electron chi connectivity index (χ1n) is 8.76. The molecule has 0 fully saturated rings. The molecule has 0 saturated heterocycles. The highest BCUT2D eigenvalue weighted by molar-refractivity contribution is 6.06. The van der Waals surface area contributed by atoms with E-state index in [9.17, 15) is 14.4 Å². The Kier molecular flexibility index (Phi) is 6.34. The van der Waals surface area contributed by atoms with E-state index < -0.39 is 17.4 Å². The molecule has 0 saturated carbocycles. The quantitative estimate of drug-likeness (QED) is 0.757. The van der Waals surface area contributed by atoms with Crippen molar-refractivity contribution in [3.63, 3.8) is 0 Å². The zero-order chi connectivity index (χ0) is 20.0. The first-order valence-corrected chi connectivity index (χ1v) is 8.76. The van der Waals surface area contributed by atoms with Crippen LogP contribution < -0.4 is 16.0 Å². The molecule has 0 heterocycles. The van der Waals surface area contributed by atoms with E-state index in [2.05, 4.69) is 16.0 Å². The van der Waals surface area contributed by atoms with E-state index in [-0.39, 0.29) is 11.8 Å². The van der Waals surface area contributed by atoms with E-state index in [1.54, 1.807) is 64.1 Å². The van der Waals surface area contributed by atoms with Crippen LogP contribution in [0.5, 0.6) is 0 Å². The highest BCUT2D eigenvalue weighted by atomic mass is 16.2. The summed E-state index contributed by atoms with van der Waals surface area (Å²) in [5.74, 6) is -0.959. The maximum atomic E-state index is 12.6. The number of hydrogen-bond acceptors (Lipinski definition) is 3. The smallest absolute Gasteiger partial charge is 0.254 e. The predicted octanol–water partition coefficient (Wildman–Crippen LogP) is 3.43. The van der Waals surface area contributed by atoms with Crippen molar-refractivity contribution in [2.45, 2.75) is 33.7 Å². The largest absolute Gasteiger partial charge is 0.340 e. The summed E-state index contributed by atoms with van der Waals surface area (Å²) in [4.78, 5) is 37.1. The summed E-state index contributed by atoms with van der Waals surface area (Å²) in [6, 6.07) is 15.0. The van der Waals surface area contributed by atoms with E-state index in [1.165, 1.54) is 0 Å². The van der Waals surface area contributed by atoms with Gasteiger partial charge in [-0.25, -0.2) is 0 Å². The number of para-hydroxylation sites is 2. The summed E-state index contributed by atoms with van der Waals surface area (Å²) in [6.07, 6.45) is 0. The second kappa shape index (κ2) is 8.49. The lowest BCUT2D eigenvalue weighted by Gasteiger charge is -2.20. The number of carbonyl (C=O) groups is 3. The Hall–Kier alpha value is -3.15. The standard InChI is InChI=1S/C21H25N3O3/c1-14(18(25)23-15-10-6-5-7-11-15)22-19(26)16-12-8-9-13-17(16)24-20(27)21(2,3)4/h5-14H,1-4H3,(H,22,26)(H,23,25)(H,24,27). The van der Waals surface area contributed by atoms with E-state index in [1.807, 2.05) is 18.2 Å². The summed E-state index contributed by atoms with van der Waals surface area (Å²) in [5.41, 5.74) is 0.772. The van der Waals surface area contributed by atoms with Crippen molar-refractivity contribution in [1.82, 2.24) is 5.32 Å². The number of nitrogens with one attached hydrogen (secondary N) is 3. The van der Waals surface area contributed by atoms with Crippen LogP contribution in [0.3, 0.4) is 0 Å². The number of carbonyl (C=O) groups excluding carboxylic acids is 3. The lowest BCUT2D eigenvalue weighted by atomic mass is 9.95. The molecule has 0 bridgehead atoms. The van der Waals surface area contributed by atoms with Gasteiger partial charge < -0.3 is 16.0 Å². The molecule has 0 aromatic heterocycles. The maximum Gasteiger partial charge on any atom is 0.254 e. The topological polar surface area (TPSA) is 87.3 Å². The minimum Gasteiger partial charge on any atom is -0.340 e. The minimum absolute atomic E-state index is 0.197. The second-order valence-corrected chi connectivity index (χ2v) is 7.30. The average Bonchev–Trinajstić information content (AvgIpc) is 2.62. The molecule has 6 heteroatoms. The number of anilines is 2. The summed E-state index contributed by atoms with van der Waals surface area (Å²) in [7, 11) is 0. The molecular weight excluding hydrogens is 342 g/mol. The summed E-state index contributed by atoms with van der Waals surface area (Å²) in [5, 5.41) is 8.18. The molecule has 27 heavy (non-hydrogen) atoms. The normalized spacial score (nSPS) is 12.0. The van der Waals surface area contributed by atoms with Gasteiger partial charge in [-0.1, -0.05) is 51.1 Å². The van der Waals surface area contributed by atoms with Gasteiger partial charge >= 0.3 is 0 Å². The zero-order valence-electron chi connectivity index (χ0n) is 16.0. The molecule has 2 aromatic rings. The molecule has 0 spiro atoms. The molecule has 1 unspecified atom stereocenters. The Bertz CT molecular complexity index is 826. The van der Waals surface area contributed by atoms with Crippen LogP contribution in [-0.2, 0) is 9.59 Å². The van der Waals surface area contributed by atoms with Crippen molar-refractivity contribution in [3.8, 4) is 0 Å². The van der Waals surface area contributed by atoms with E-state index >= 15 is 0 Å². The number of amides is 3. The molecule has 3 amide bonds. The third-order valence-corrected chi connectivity index (χ3v) is 3.88. The maximum absolute atomic E-state index is 12.6. The van der Waals surface area contributed by atoms with Crippen molar-refractivity contribution in [2.75, 3.05) is 10.6 Å². The van der Waals surface area contributed by atoms with Crippen LogP contribution in [0.15, 0.2) is 54.6 Å². The van der Waals surface area contributed by atoms with Crippen molar-refractivity contribution in [1.29, 1.82) is 0 Å². The first kappa shape index (κ1) is 20.2. The molecule has 2 rings (SSSR count). The van der Waals surface area contributed by atoms with Crippen LogP contribution in [0.4, 0.5) is 11.4 Å². The highest BCUT2D eigenvalue weighted by Crippen LogP contribution is 2.20. The molecule has 0 aliphatic rings. The van der Waals surface area contributed by atoms with Gasteiger partial charge in [-0.3, -0.25) is 14.4 Å². The lowest BCUT2D eigenvalue weighted by Crippen LogP contribution is -2.42. The number of hydrogen-bond donors (Lipinski definition) is 3. The Morgan fingerprint density at radius 2 is 1.44 bits per heavy atom. The third-order valence-electron chi connectivity index (χ3n) is 3.88. The predicted molar refractivity (Wildman–Crippen MR) is 107 cm³/mol. The van der Waals surface area contributed by atoms with Gasteiger partial charge in [0, 0.05) is 11.1 Å². The van der Waals surface area contributed by atoms with Crippen LogP contribution in [0.25, 0.3) is 0 Å². The summed E-state index contributed by atoms with van der Waals surface area (Å²) in [6.45, 7) is 6.98. The molecule has 0 aliphatic heterocycles. The van der Waals surface area contributed by atoms with E-state index in [0.29, 0.717) is 16.9 Å². The fourth-order valence-electron chi connectivity index (χ4n) is 2.21. The van der Waals surface area contributed by atoms with Gasteiger partial charge in [-0.05, 0) is 31.2 Å². The van der Waals surface area contributed by atoms with Gasteiger partial charge in [0.1, 0.15) is 6.04 Å². The van der Waals surface area contributed by atoms with E-state index in [4.69, 9.17) is 0 Å². The monoisotopic (exact) mass is 367 g/mol. The van der Waals surface area contributed by atoms with Crippen molar-refractivity contribution < 1.29 is 14.4 Å². The fourth-order valence-corrected chi connectivity index (χ4v) is 2.21. The second-order valence-electron chi connectivity index (χ2n) is 7.30. The molecule has 0 radical (unpaired) electrons. The van der Waals surface area contributed by atoms with Gasteiger partial charge in [-0.15, -0.1) is 0 Å². The first-order chi connectivity index (χ1) is 12.7. The third kappa shape index (κ3) is 5.67. The van der Waals surface area contributed by atoms with Crippen molar-refractivity contribution in [3.05, 3.63) is 60.2 Å². The van der Waals surface area contributed by atoms with Crippen LogP contribution in [0, 0.1) is 5.41 Å². The van der Waals surface area contributed by atoms with Gasteiger partial charge in [0.25, 0.3) is 5.91 Å². The van der Waals surface area contributed by atoms with E-state index in [0.717, 1.165) is 0 Å². The number of rotatable bonds is 5. The van der Waals surface area contributed by atoms with Gasteiger partial charge in [-0.2, -0.15) is 0 Å². The lowest BCUT2D eigenvalue weighted by molar-refractivity contribution is -0.123. The van der Waals surface area contributed by atoms with Gasteiger partial charge in [0.2, 0.25) is 11.8 Å². The Morgan fingerprint density at radius 3 is 2.07 bits per heavy atom. The van der Waals surface area contributed by atoms with Crippen LogP contribution in [0.2, 0.25) is 0 Å². The summed E-state index contributed by atoms with van der Waals surface area (Å²) >= 11 is 0. The van der Waals surface area contributed by atoms with Gasteiger partial charge in [0.05, 0.1) is 11.3 Å². The van der Waals surface area contributed by atoms with Gasteiger partial charge in [0.15, 0.2) is 0 Å². The zero-order valence-corrected chi connectivity index (χ0v) is 16.0. The fraction of sp³-hybridized carbons (Fsp3) is 0.286. The van der Waals surface area contributed by atoms with Crippen molar-refractivity contribution >= 4 is 29.1 Å². The Labute approximate surface area is 159 Å². The Morgan fingerprint density at radius 1 is 0.852 bits per heavy atom. The van der Waals surface area contributed by atoms with Crippen LogP contribution in [-0.4, -0.2) is 23.8 Å². The molecule has 1 atom stereocenters. The SMILES string of the molecule is CC(NC(=O)c1ccccc1NC(=O)C(C)(C)C)C(=O)Nc1ccccc1. The Balaban J connectivity index is 2.07.